The number of fused-ring (bicyclic) bond motifs is 5. The molecule has 310 valence electrons. The van der Waals surface area contributed by atoms with Gasteiger partial charge in [0.1, 0.15) is 22.4 Å². The van der Waals surface area contributed by atoms with Crippen LogP contribution >= 0.6 is 0 Å². The molecule has 8 heteroatoms. The zero-order valence-electron chi connectivity index (χ0n) is 35.3. The standard InChI is InChI=1S/C58H36N6O2/c65-57-51-53(49(45-29-13-25-41(33-45)37-17-5-1-6-18-37)59-55(61-51)47-31-15-27-43(35-47)39-21-9-3-10-22-39)63-54-50(46-30-14-26-42(34-46)38-19-7-2-8-20-38)60-56(62-52(54)58(66)64(57)63)48-32-16-28-44(36-48)40-23-11-4-12-24-40/h1-36H. The van der Waals surface area contributed by atoms with Crippen LogP contribution in [0, 0.1) is 0 Å². The van der Waals surface area contributed by atoms with E-state index in [9.17, 15) is 0 Å². The lowest BCUT2D eigenvalue weighted by molar-refractivity contribution is 0.840. The van der Waals surface area contributed by atoms with Gasteiger partial charge in [-0.05, 0) is 68.8 Å². The Hall–Kier alpha value is -9.14. The van der Waals surface area contributed by atoms with Crippen LogP contribution in [0.25, 0.3) is 112 Å². The van der Waals surface area contributed by atoms with Gasteiger partial charge in [0.15, 0.2) is 22.7 Å². The molecular formula is C58H36N6O2. The third-order valence-electron chi connectivity index (χ3n) is 12.1. The maximum absolute atomic E-state index is 15.1. The van der Waals surface area contributed by atoms with E-state index in [2.05, 4.69) is 72.8 Å². The average molecular weight is 849 g/mol. The Kier molecular flexibility index (Phi) is 9.28. The van der Waals surface area contributed by atoms with Crippen LogP contribution in [0.4, 0.5) is 0 Å². The van der Waals surface area contributed by atoms with Crippen LogP contribution in [-0.2, 0) is 0 Å². The second-order valence-corrected chi connectivity index (χ2v) is 16.2. The summed E-state index contributed by atoms with van der Waals surface area (Å²) in [5.74, 6) is 0.714. The van der Waals surface area contributed by atoms with Crippen molar-refractivity contribution in [1.82, 2.24) is 29.0 Å². The van der Waals surface area contributed by atoms with E-state index in [1.165, 1.54) is 0 Å². The molecule has 0 aliphatic carbocycles. The third kappa shape index (κ3) is 6.64. The molecule has 0 spiro atoms. The predicted octanol–water partition coefficient (Wildman–Crippen LogP) is 12.4. The van der Waals surface area contributed by atoms with Crippen molar-refractivity contribution in [1.29, 1.82) is 0 Å². The molecule has 12 aromatic rings. The second kappa shape index (κ2) is 15.9. The first-order valence-corrected chi connectivity index (χ1v) is 21.7. The van der Waals surface area contributed by atoms with Gasteiger partial charge in [-0.15, -0.1) is 0 Å². The average Bonchev–Trinajstić information content (AvgIpc) is 3.86. The maximum atomic E-state index is 15.1. The highest BCUT2D eigenvalue weighted by Gasteiger charge is 2.28. The zero-order chi connectivity index (χ0) is 44.1. The van der Waals surface area contributed by atoms with E-state index in [1.54, 1.807) is 4.52 Å². The zero-order valence-corrected chi connectivity index (χ0v) is 35.3. The molecule has 0 saturated heterocycles. The van der Waals surface area contributed by atoms with E-state index < -0.39 is 11.1 Å². The Morgan fingerprint density at radius 3 is 0.864 bits per heavy atom. The quantitative estimate of drug-likeness (QED) is 0.151. The van der Waals surface area contributed by atoms with Crippen molar-refractivity contribution in [3.63, 3.8) is 0 Å². The lowest BCUT2D eigenvalue weighted by Crippen LogP contribution is -2.22. The van der Waals surface area contributed by atoms with Crippen LogP contribution < -0.4 is 11.1 Å². The Balaban J connectivity index is 1.17. The van der Waals surface area contributed by atoms with Crippen LogP contribution in [0.5, 0.6) is 0 Å². The van der Waals surface area contributed by atoms with Crippen LogP contribution in [0.3, 0.4) is 0 Å². The Bertz CT molecular complexity index is 3660. The highest BCUT2D eigenvalue weighted by atomic mass is 16.2. The number of hydrogen-bond acceptors (Lipinski definition) is 6. The molecule has 0 bridgehead atoms. The highest BCUT2D eigenvalue weighted by molar-refractivity contribution is 5.99. The lowest BCUT2D eigenvalue weighted by Gasteiger charge is -2.12. The Morgan fingerprint density at radius 1 is 0.258 bits per heavy atom. The normalized spacial score (nSPS) is 11.5. The fourth-order valence-corrected chi connectivity index (χ4v) is 8.95. The predicted molar refractivity (Wildman–Crippen MR) is 264 cm³/mol. The summed E-state index contributed by atoms with van der Waals surface area (Å²) in [7, 11) is 0. The summed E-state index contributed by atoms with van der Waals surface area (Å²) in [5, 5.41) is 0. The number of hydrogen-bond donors (Lipinski definition) is 0. The molecule has 0 aliphatic heterocycles. The molecular weight excluding hydrogens is 813 g/mol. The van der Waals surface area contributed by atoms with Crippen LogP contribution in [0.2, 0.25) is 0 Å². The van der Waals surface area contributed by atoms with Gasteiger partial charge in [-0.25, -0.2) is 24.5 Å². The molecule has 66 heavy (non-hydrogen) atoms. The molecule has 0 N–H and O–H groups in total. The van der Waals surface area contributed by atoms with E-state index in [1.807, 2.05) is 146 Å². The molecule has 8 nitrogen and oxygen atoms in total. The van der Waals surface area contributed by atoms with Crippen molar-refractivity contribution in [2.45, 2.75) is 0 Å². The topological polar surface area (TPSA) is 94.5 Å². The van der Waals surface area contributed by atoms with E-state index in [4.69, 9.17) is 19.9 Å². The smallest absolute Gasteiger partial charge is 0.265 e. The second-order valence-electron chi connectivity index (χ2n) is 16.2. The fourth-order valence-electron chi connectivity index (χ4n) is 8.95. The first-order valence-electron chi connectivity index (χ1n) is 21.7. The van der Waals surface area contributed by atoms with E-state index in [0.29, 0.717) is 34.1 Å². The summed E-state index contributed by atoms with van der Waals surface area (Å²) in [5.41, 5.74) is 11.8. The van der Waals surface area contributed by atoms with Crippen molar-refractivity contribution in [2.24, 2.45) is 0 Å². The van der Waals surface area contributed by atoms with Gasteiger partial charge < -0.3 is 0 Å². The third-order valence-corrected chi connectivity index (χ3v) is 12.1. The molecule has 0 aliphatic rings. The molecule has 0 saturated carbocycles. The fraction of sp³-hybridized carbons (Fsp3) is 0. The summed E-state index contributed by atoms with van der Waals surface area (Å²) < 4.78 is 2.81. The Labute approximate surface area is 378 Å². The van der Waals surface area contributed by atoms with Crippen LogP contribution in [-0.4, -0.2) is 29.0 Å². The summed E-state index contributed by atoms with van der Waals surface area (Å²) in [6, 6.07) is 72.6. The molecule has 8 aromatic carbocycles. The van der Waals surface area contributed by atoms with Crippen molar-refractivity contribution in [2.75, 3.05) is 0 Å². The van der Waals surface area contributed by atoms with Gasteiger partial charge in [-0.2, -0.15) is 4.52 Å². The largest absolute Gasteiger partial charge is 0.301 e. The van der Waals surface area contributed by atoms with E-state index in [0.717, 1.165) is 71.3 Å². The maximum Gasteiger partial charge on any atom is 0.301 e. The van der Waals surface area contributed by atoms with Crippen molar-refractivity contribution < 1.29 is 0 Å². The minimum atomic E-state index is -0.576. The van der Waals surface area contributed by atoms with Crippen LogP contribution in [0.1, 0.15) is 0 Å². The molecule has 4 heterocycles. The highest BCUT2D eigenvalue weighted by Crippen LogP contribution is 2.37. The van der Waals surface area contributed by atoms with Gasteiger partial charge in [0.05, 0.1) is 0 Å². The Morgan fingerprint density at radius 2 is 0.530 bits per heavy atom. The SMILES string of the molecule is O=c1c2nc(-c3cccc(-c4ccccc4)c3)nc(-c3cccc(-c4ccccc4)c3)c2n2c3c(-c4cccc(-c5ccccc5)c4)nc(-c4cccc(-c5ccccc5)c4)nc3c(=O)n12. The van der Waals surface area contributed by atoms with Crippen molar-refractivity contribution in [3.8, 4) is 89.8 Å². The molecule has 0 amide bonds. The van der Waals surface area contributed by atoms with Gasteiger partial charge in [-0.1, -0.05) is 194 Å². The van der Waals surface area contributed by atoms with Gasteiger partial charge in [0.25, 0.3) is 0 Å². The van der Waals surface area contributed by atoms with Gasteiger partial charge in [0.2, 0.25) is 0 Å². The van der Waals surface area contributed by atoms with Gasteiger partial charge in [0, 0.05) is 22.3 Å². The number of nitrogens with zero attached hydrogens (tertiary/aromatic N) is 6. The first kappa shape index (κ1) is 38.5. The van der Waals surface area contributed by atoms with E-state index in [-0.39, 0.29) is 11.0 Å². The summed E-state index contributed by atoms with van der Waals surface area (Å²) in [6.45, 7) is 0. The number of benzene rings is 8. The molecule has 0 unspecified atom stereocenters. The number of rotatable bonds is 8. The van der Waals surface area contributed by atoms with Gasteiger partial charge in [-0.3, -0.25) is 9.59 Å². The van der Waals surface area contributed by atoms with Gasteiger partial charge >= 0.3 is 11.1 Å². The summed E-state index contributed by atoms with van der Waals surface area (Å²) in [4.78, 5) is 50.8. The summed E-state index contributed by atoms with van der Waals surface area (Å²) in [6.07, 6.45) is 0. The number of aromatic nitrogens is 6. The summed E-state index contributed by atoms with van der Waals surface area (Å²) >= 11 is 0. The molecule has 0 fully saturated rings. The minimum absolute atomic E-state index is 0.104. The molecule has 0 atom stereocenters. The van der Waals surface area contributed by atoms with Crippen molar-refractivity contribution >= 4 is 22.1 Å². The minimum Gasteiger partial charge on any atom is -0.265 e. The monoisotopic (exact) mass is 848 g/mol. The molecule has 0 radical (unpaired) electrons. The lowest BCUT2D eigenvalue weighted by atomic mass is 10.00. The van der Waals surface area contributed by atoms with Crippen molar-refractivity contribution in [3.05, 3.63) is 239 Å². The van der Waals surface area contributed by atoms with Crippen LogP contribution in [0.15, 0.2) is 228 Å². The molecule has 12 rings (SSSR count). The first-order chi connectivity index (χ1) is 32.6. The molecule has 4 aromatic heterocycles. The van der Waals surface area contributed by atoms with E-state index >= 15 is 9.59 Å².